The molecule has 0 aliphatic heterocycles. The Labute approximate surface area is 245 Å². The van der Waals surface area contributed by atoms with Gasteiger partial charge in [0.15, 0.2) is 0 Å². The Kier molecular flexibility index (Phi) is 16.1. The van der Waals surface area contributed by atoms with Crippen molar-refractivity contribution in [3.63, 3.8) is 0 Å². The summed E-state index contributed by atoms with van der Waals surface area (Å²) in [6.45, 7) is 0. The lowest BCUT2D eigenvalue weighted by Crippen LogP contribution is -3.00. The molecule has 0 amide bonds. The van der Waals surface area contributed by atoms with Gasteiger partial charge in [-0.1, -0.05) is 134 Å². The van der Waals surface area contributed by atoms with E-state index in [1.54, 1.807) is 0 Å². The van der Waals surface area contributed by atoms with Crippen LogP contribution in [0, 0.1) is 0 Å². The van der Waals surface area contributed by atoms with Gasteiger partial charge in [-0.2, -0.15) is 0 Å². The lowest BCUT2D eigenvalue weighted by atomic mass is 10.1. The molecule has 3 heteroatoms. The van der Waals surface area contributed by atoms with Crippen LogP contribution < -0.4 is 39.9 Å². The van der Waals surface area contributed by atoms with Crippen LogP contribution in [0.3, 0.4) is 0 Å². The first-order valence-corrected chi connectivity index (χ1v) is 16.6. The number of hydrogen-bond donors (Lipinski definition) is 0. The topological polar surface area (TPSA) is 0 Å². The highest BCUT2D eigenvalue weighted by Crippen LogP contribution is 2.55. The number of halogens is 2. The Bertz CT molecular complexity index is 829. The highest BCUT2D eigenvalue weighted by molar-refractivity contribution is 14.1. The predicted molar refractivity (Wildman–Crippen MR) is 164 cm³/mol. The summed E-state index contributed by atoms with van der Waals surface area (Å²) in [5, 5.41) is 4.40. The number of unbranched alkanes of at least 4 members (excludes halogenated alkanes) is 9. The average molecular weight is 710 g/mol. The molecule has 0 bridgehead atoms. The van der Waals surface area contributed by atoms with Gasteiger partial charge in [-0.25, -0.2) is 0 Å². The third kappa shape index (κ3) is 9.93. The molecule has 3 rings (SSSR count). The van der Waals surface area contributed by atoms with E-state index in [2.05, 4.69) is 126 Å². The molecule has 0 aromatic heterocycles. The molecule has 0 aliphatic rings. The molecule has 3 aromatic rings. The van der Waals surface area contributed by atoms with Gasteiger partial charge >= 0.3 is 0 Å². The summed E-state index contributed by atoms with van der Waals surface area (Å²) in [4.78, 5) is 0. The second-order valence-electron chi connectivity index (χ2n) is 9.13. The van der Waals surface area contributed by atoms with E-state index in [9.17, 15) is 0 Å². The minimum atomic E-state index is -1.72. The molecule has 35 heavy (non-hydrogen) atoms. The molecule has 0 saturated heterocycles. The van der Waals surface area contributed by atoms with Crippen LogP contribution in [0.25, 0.3) is 0 Å². The maximum atomic E-state index is 2.49. The highest BCUT2D eigenvalue weighted by Gasteiger charge is 2.43. The smallest absolute Gasteiger partial charge is 0.115 e. The van der Waals surface area contributed by atoms with Crippen LogP contribution in [-0.2, 0) is 0 Å². The summed E-state index contributed by atoms with van der Waals surface area (Å²) in [6, 6.07) is 33.6. The molecule has 0 atom stereocenters. The number of allylic oxidation sites excluding steroid dienone is 2. The van der Waals surface area contributed by atoms with Crippen LogP contribution in [0.5, 0.6) is 0 Å². The summed E-state index contributed by atoms with van der Waals surface area (Å²) in [5.41, 5.74) is 0. The SMILES string of the molecule is ICCCCCCCCCCCC=CC[P+](c1ccccc1)(c1ccccc1)c1ccccc1.[I-]. The fourth-order valence-corrected chi connectivity index (χ4v) is 9.33. The van der Waals surface area contributed by atoms with Crippen molar-refractivity contribution < 1.29 is 24.0 Å². The second kappa shape index (κ2) is 18.5. The minimum absolute atomic E-state index is 0. The largest absolute Gasteiger partial charge is 1.00 e. The third-order valence-electron chi connectivity index (χ3n) is 6.64. The van der Waals surface area contributed by atoms with Crippen molar-refractivity contribution >= 4 is 45.8 Å². The van der Waals surface area contributed by atoms with Gasteiger partial charge in [0.1, 0.15) is 23.2 Å². The van der Waals surface area contributed by atoms with E-state index in [0.29, 0.717) is 0 Å². The molecule has 3 aromatic carbocycles. The van der Waals surface area contributed by atoms with Crippen molar-refractivity contribution in [2.45, 2.75) is 64.2 Å². The van der Waals surface area contributed by atoms with Crippen LogP contribution >= 0.6 is 29.9 Å². The zero-order valence-corrected chi connectivity index (χ0v) is 26.2. The quantitative estimate of drug-likeness (QED) is 0.0574. The molecule has 0 radical (unpaired) electrons. The molecule has 0 unspecified atom stereocenters. The van der Waals surface area contributed by atoms with E-state index >= 15 is 0 Å². The lowest BCUT2D eigenvalue weighted by molar-refractivity contribution is -0.00000670. The van der Waals surface area contributed by atoms with Crippen molar-refractivity contribution in [3.05, 3.63) is 103 Å². The maximum absolute atomic E-state index is 2.49. The van der Waals surface area contributed by atoms with Gasteiger partial charge in [0.05, 0.1) is 6.16 Å². The summed E-state index contributed by atoms with van der Waals surface area (Å²) in [7, 11) is -1.72. The lowest BCUT2D eigenvalue weighted by Gasteiger charge is -2.26. The summed E-state index contributed by atoms with van der Waals surface area (Å²) in [5.74, 6) is 0. The molecular formula is C32H41I2P. The average Bonchev–Trinajstić information content (AvgIpc) is 2.91. The summed E-state index contributed by atoms with van der Waals surface area (Å²) in [6.07, 6.45) is 19.8. The molecule has 0 spiro atoms. The first-order valence-electron chi connectivity index (χ1n) is 13.1. The Morgan fingerprint density at radius 2 is 0.857 bits per heavy atom. The van der Waals surface area contributed by atoms with Gasteiger partial charge in [0.2, 0.25) is 0 Å². The summed E-state index contributed by atoms with van der Waals surface area (Å²) >= 11 is 2.49. The fraction of sp³-hybridized carbons (Fsp3) is 0.375. The van der Waals surface area contributed by atoms with Gasteiger partial charge in [-0.3, -0.25) is 0 Å². The number of rotatable bonds is 16. The molecule has 0 N–H and O–H groups in total. The van der Waals surface area contributed by atoms with Gasteiger partial charge < -0.3 is 24.0 Å². The van der Waals surface area contributed by atoms with Gasteiger partial charge in [0.25, 0.3) is 0 Å². The van der Waals surface area contributed by atoms with E-state index in [4.69, 9.17) is 0 Å². The first kappa shape index (κ1) is 30.5. The van der Waals surface area contributed by atoms with E-state index in [1.165, 1.54) is 84.5 Å². The molecule has 0 heterocycles. The van der Waals surface area contributed by atoms with E-state index < -0.39 is 7.26 Å². The molecule has 188 valence electrons. The molecule has 0 nitrogen and oxygen atoms in total. The monoisotopic (exact) mass is 710 g/mol. The van der Waals surface area contributed by atoms with Crippen LogP contribution in [0.4, 0.5) is 0 Å². The third-order valence-corrected chi connectivity index (χ3v) is 11.7. The van der Waals surface area contributed by atoms with Crippen LogP contribution in [0.15, 0.2) is 103 Å². The number of benzene rings is 3. The second-order valence-corrected chi connectivity index (χ2v) is 13.7. The standard InChI is InChI=1S/C32H41IP.HI/c33-28-20-9-7-5-3-1-2-4-6-8-10-21-29-34(30-22-14-11-15-23-30,31-24-16-12-17-25-31)32-26-18-13-19-27-32;/h10-19,21-27H,1-9,20,28-29H2;1H/q+1;/p-1. The fourth-order valence-electron chi connectivity index (χ4n) is 4.76. The zero-order chi connectivity index (χ0) is 23.7. The van der Waals surface area contributed by atoms with Crippen LogP contribution in [0.1, 0.15) is 64.2 Å². The van der Waals surface area contributed by atoms with Gasteiger partial charge in [-0.05, 0) is 60.1 Å². The first-order chi connectivity index (χ1) is 16.9. The van der Waals surface area contributed by atoms with Crippen molar-refractivity contribution in [3.8, 4) is 0 Å². The Morgan fingerprint density at radius 3 is 1.26 bits per heavy atom. The van der Waals surface area contributed by atoms with Crippen molar-refractivity contribution in [1.82, 2.24) is 0 Å². The summed E-state index contributed by atoms with van der Waals surface area (Å²) < 4.78 is 1.32. The zero-order valence-electron chi connectivity index (χ0n) is 21.0. The van der Waals surface area contributed by atoms with E-state index in [-0.39, 0.29) is 24.0 Å². The maximum Gasteiger partial charge on any atom is 0.115 e. The Morgan fingerprint density at radius 1 is 0.486 bits per heavy atom. The Hall–Kier alpha value is -0.710. The molecular weight excluding hydrogens is 669 g/mol. The molecule has 0 aliphatic carbocycles. The number of hydrogen-bond acceptors (Lipinski definition) is 0. The molecule has 0 saturated carbocycles. The normalized spacial score (nSPS) is 11.5. The molecule has 0 fully saturated rings. The van der Waals surface area contributed by atoms with Gasteiger partial charge in [0, 0.05) is 0 Å². The van der Waals surface area contributed by atoms with Gasteiger partial charge in [-0.15, -0.1) is 0 Å². The van der Waals surface area contributed by atoms with Crippen molar-refractivity contribution in [2.75, 3.05) is 10.6 Å². The van der Waals surface area contributed by atoms with Crippen LogP contribution in [-0.4, -0.2) is 10.6 Å². The predicted octanol–water partition coefficient (Wildman–Crippen LogP) is 5.88. The Balaban J connectivity index is 0.00000432. The van der Waals surface area contributed by atoms with Crippen LogP contribution in [0.2, 0.25) is 0 Å². The van der Waals surface area contributed by atoms with Crippen molar-refractivity contribution in [2.24, 2.45) is 0 Å². The highest BCUT2D eigenvalue weighted by atomic mass is 127. The van der Waals surface area contributed by atoms with Crippen molar-refractivity contribution in [1.29, 1.82) is 0 Å². The minimum Gasteiger partial charge on any atom is -1.00 e. The van der Waals surface area contributed by atoms with E-state index in [0.717, 1.165) is 6.16 Å². The number of alkyl halides is 1. The van der Waals surface area contributed by atoms with E-state index in [1.807, 2.05) is 0 Å².